The maximum absolute atomic E-state index is 8.97. The van der Waals surface area contributed by atoms with Gasteiger partial charge in [-0.15, -0.1) is 0 Å². The molecule has 3 N–H and O–H groups in total. The van der Waals surface area contributed by atoms with Gasteiger partial charge in [-0.25, -0.2) is 0 Å². The number of benzene rings is 1. The minimum absolute atomic E-state index is 0.0895. The van der Waals surface area contributed by atoms with Crippen LogP contribution in [0.25, 0.3) is 11.3 Å². The quantitative estimate of drug-likeness (QED) is 0.880. The van der Waals surface area contributed by atoms with E-state index in [1.54, 1.807) is 30.5 Å². The largest absolute Gasteiger partial charge is 0.397 e. The smallest absolute Gasteiger partial charge is 0.0932 e. The first-order valence-corrected chi connectivity index (χ1v) is 5.67. The van der Waals surface area contributed by atoms with Crippen molar-refractivity contribution < 1.29 is 5.11 Å². The number of aliphatic hydroxyl groups excluding tert-OH is 1. The molecular formula is C12H10Cl2N2O. The predicted octanol–water partition coefficient (Wildman–Crippen LogP) is 3.13. The maximum atomic E-state index is 8.97. The van der Waals surface area contributed by atoms with Gasteiger partial charge in [-0.3, -0.25) is 4.98 Å². The number of anilines is 1. The van der Waals surface area contributed by atoms with Gasteiger partial charge in [-0.1, -0.05) is 23.2 Å². The van der Waals surface area contributed by atoms with Crippen molar-refractivity contribution >= 4 is 28.9 Å². The van der Waals surface area contributed by atoms with Gasteiger partial charge in [0.05, 0.1) is 18.0 Å². The summed E-state index contributed by atoms with van der Waals surface area (Å²) >= 11 is 11.8. The summed E-state index contributed by atoms with van der Waals surface area (Å²) in [5.74, 6) is 0. The summed E-state index contributed by atoms with van der Waals surface area (Å²) in [6.45, 7) is -0.0895. The highest BCUT2D eigenvalue weighted by Gasteiger charge is 2.07. The lowest BCUT2D eigenvalue weighted by atomic mass is 10.1. The van der Waals surface area contributed by atoms with Gasteiger partial charge in [0.2, 0.25) is 0 Å². The first kappa shape index (κ1) is 12.2. The van der Waals surface area contributed by atoms with Crippen LogP contribution in [-0.2, 0) is 6.61 Å². The van der Waals surface area contributed by atoms with E-state index in [1.807, 2.05) is 0 Å². The Kier molecular flexibility index (Phi) is 3.52. The third-order valence-corrected chi connectivity index (χ3v) is 2.73. The first-order chi connectivity index (χ1) is 8.10. The Balaban J connectivity index is 2.52. The molecule has 0 saturated heterocycles. The van der Waals surface area contributed by atoms with E-state index in [2.05, 4.69) is 4.98 Å². The van der Waals surface area contributed by atoms with Gasteiger partial charge in [0.1, 0.15) is 0 Å². The molecular weight excluding hydrogens is 259 g/mol. The summed E-state index contributed by atoms with van der Waals surface area (Å²) in [5, 5.41) is 10.0. The molecule has 0 fully saturated rings. The van der Waals surface area contributed by atoms with E-state index < -0.39 is 0 Å². The van der Waals surface area contributed by atoms with E-state index in [0.717, 1.165) is 5.56 Å². The summed E-state index contributed by atoms with van der Waals surface area (Å²) in [6, 6.07) is 6.80. The Morgan fingerprint density at radius 2 is 1.76 bits per heavy atom. The molecule has 0 spiro atoms. The minimum Gasteiger partial charge on any atom is -0.397 e. The van der Waals surface area contributed by atoms with Crippen molar-refractivity contribution in [3.05, 3.63) is 46.1 Å². The van der Waals surface area contributed by atoms with Crippen molar-refractivity contribution in [3.8, 4) is 11.3 Å². The Hall–Kier alpha value is -1.29. The van der Waals surface area contributed by atoms with Gasteiger partial charge < -0.3 is 10.8 Å². The lowest BCUT2D eigenvalue weighted by Crippen LogP contribution is -1.96. The molecule has 88 valence electrons. The standard InChI is InChI=1S/C12H10Cl2N2O/c13-9-2-8(3-10(14)4-9)12-11(15)1-7(6-17)5-16-12/h1-5,17H,6,15H2. The number of aromatic nitrogens is 1. The van der Waals surface area contributed by atoms with E-state index in [-0.39, 0.29) is 6.61 Å². The molecule has 1 heterocycles. The molecule has 0 bridgehead atoms. The summed E-state index contributed by atoms with van der Waals surface area (Å²) < 4.78 is 0. The van der Waals surface area contributed by atoms with E-state index in [9.17, 15) is 0 Å². The number of nitrogens with zero attached hydrogens (tertiary/aromatic N) is 1. The molecule has 0 amide bonds. The van der Waals surface area contributed by atoms with Crippen LogP contribution in [0.15, 0.2) is 30.5 Å². The summed E-state index contributed by atoms with van der Waals surface area (Å²) in [6.07, 6.45) is 1.57. The molecule has 0 aliphatic carbocycles. The molecule has 0 aliphatic heterocycles. The highest BCUT2D eigenvalue weighted by Crippen LogP contribution is 2.29. The van der Waals surface area contributed by atoms with Crippen LogP contribution in [0.4, 0.5) is 5.69 Å². The predicted molar refractivity (Wildman–Crippen MR) is 70.0 cm³/mol. The molecule has 0 saturated carbocycles. The van der Waals surface area contributed by atoms with Gasteiger partial charge in [-0.05, 0) is 29.8 Å². The van der Waals surface area contributed by atoms with Crippen molar-refractivity contribution in [1.82, 2.24) is 4.98 Å². The summed E-state index contributed by atoms with van der Waals surface area (Å²) in [4.78, 5) is 4.20. The third-order valence-electron chi connectivity index (χ3n) is 2.29. The molecule has 0 atom stereocenters. The number of hydrogen-bond donors (Lipinski definition) is 2. The fourth-order valence-corrected chi connectivity index (χ4v) is 2.07. The maximum Gasteiger partial charge on any atom is 0.0932 e. The summed E-state index contributed by atoms with van der Waals surface area (Å²) in [7, 11) is 0. The zero-order valence-corrected chi connectivity index (χ0v) is 10.3. The average Bonchev–Trinajstić information content (AvgIpc) is 2.27. The van der Waals surface area contributed by atoms with Crippen LogP contribution in [-0.4, -0.2) is 10.1 Å². The van der Waals surface area contributed by atoms with Crippen molar-refractivity contribution in [2.45, 2.75) is 6.61 Å². The van der Waals surface area contributed by atoms with Crippen LogP contribution in [0.5, 0.6) is 0 Å². The fourth-order valence-electron chi connectivity index (χ4n) is 1.55. The highest BCUT2D eigenvalue weighted by atomic mass is 35.5. The first-order valence-electron chi connectivity index (χ1n) is 4.92. The van der Waals surface area contributed by atoms with E-state index in [0.29, 0.717) is 27.0 Å². The zero-order chi connectivity index (χ0) is 12.4. The van der Waals surface area contributed by atoms with E-state index in [1.165, 1.54) is 0 Å². The van der Waals surface area contributed by atoms with Crippen molar-refractivity contribution in [2.75, 3.05) is 5.73 Å². The minimum atomic E-state index is -0.0895. The van der Waals surface area contributed by atoms with Crippen LogP contribution in [0.1, 0.15) is 5.56 Å². The molecule has 0 unspecified atom stereocenters. The third kappa shape index (κ3) is 2.69. The Morgan fingerprint density at radius 3 is 2.29 bits per heavy atom. The molecule has 0 aliphatic rings. The molecule has 2 rings (SSSR count). The molecule has 5 heteroatoms. The van der Waals surface area contributed by atoms with E-state index >= 15 is 0 Å². The number of nitrogen functional groups attached to an aromatic ring is 1. The zero-order valence-electron chi connectivity index (χ0n) is 8.82. The number of hydrogen-bond acceptors (Lipinski definition) is 3. The second kappa shape index (κ2) is 4.92. The summed E-state index contributed by atoms with van der Waals surface area (Å²) in [5.41, 5.74) is 8.37. The molecule has 3 nitrogen and oxygen atoms in total. The van der Waals surface area contributed by atoms with E-state index in [4.69, 9.17) is 34.0 Å². The van der Waals surface area contributed by atoms with Crippen molar-refractivity contribution in [2.24, 2.45) is 0 Å². The second-order valence-electron chi connectivity index (χ2n) is 3.60. The van der Waals surface area contributed by atoms with Gasteiger partial charge in [0.15, 0.2) is 0 Å². The number of halogens is 2. The number of pyridine rings is 1. The van der Waals surface area contributed by atoms with Crippen LogP contribution in [0.2, 0.25) is 10.0 Å². The van der Waals surface area contributed by atoms with Crippen LogP contribution >= 0.6 is 23.2 Å². The fraction of sp³-hybridized carbons (Fsp3) is 0.0833. The number of rotatable bonds is 2. The highest BCUT2D eigenvalue weighted by molar-refractivity contribution is 6.35. The lowest BCUT2D eigenvalue weighted by Gasteiger charge is -2.07. The van der Waals surface area contributed by atoms with Crippen LogP contribution in [0, 0.1) is 0 Å². The van der Waals surface area contributed by atoms with Crippen LogP contribution < -0.4 is 5.73 Å². The monoisotopic (exact) mass is 268 g/mol. The number of aliphatic hydroxyl groups is 1. The topological polar surface area (TPSA) is 59.1 Å². The Labute approximate surface area is 109 Å². The average molecular weight is 269 g/mol. The number of nitrogens with two attached hydrogens (primary N) is 1. The molecule has 1 aromatic carbocycles. The van der Waals surface area contributed by atoms with Gasteiger partial charge >= 0.3 is 0 Å². The van der Waals surface area contributed by atoms with Crippen molar-refractivity contribution in [3.63, 3.8) is 0 Å². The van der Waals surface area contributed by atoms with Gasteiger partial charge in [0, 0.05) is 21.8 Å². The Bertz CT molecular complexity index is 538. The molecule has 1 aromatic heterocycles. The molecule has 2 aromatic rings. The van der Waals surface area contributed by atoms with Crippen molar-refractivity contribution in [1.29, 1.82) is 0 Å². The SMILES string of the molecule is Nc1cc(CO)cnc1-c1cc(Cl)cc(Cl)c1. The molecule has 17 heavy (non-hydrogen) atoms. The Morgan fingerprint density at radius 1 is 1.12 bits per heavy atom. The molecule has 0 radical (unpaired) electrons. The normalized spacial score (nSPS) is 10.5. The lowest BCUT2D eigenvalue weighted by molar-refractivity contribution is 0.281. The van der Waals surface area contributed by atoms with Gasteiger partial charge in [0.25, 0.3) is 0 Å². The van der Waals surface area contributed by atoms with Gasteiger partial charge in [-0.2, -0.15) is 0 Å². The second-order valence-corrected chi connectivity index (χ2v) is 4.47. The van der Waals surface area contributed by atoms with Crippen LogP contribution in [0.3, 0.4) is 0 Å².